The fourth-order valence-corrected chi connectivity index (χ4v) is 5.41. The number of aromatic nitrogens is 2. The van der Waals surface area contributed by atoms with Crippen molar-refractivity contribution < 1.29 is 17.9 Å². The van der Waals surface area contributed by atoms with Gasteiger partial charge in [-0.1, -0.05) is 13.0 Å². The van der Waals surface area contributed by atoms with E-state index in [-0.39, 0.29) is 27.9 Å². The van der Waals surface area contributed by atoms with E-state index in [4.69, 9.17) is 15.5 Å². The number of anilines is 2. The zero-order chi connectivity index (χ0) is 23.8. The summed E-state index contributed by atoms with van der Waals surface area (Å²) in [5.74, 6) is 0.346. The third-order valence-electron chi connectivity index (χ3n) is 6.91. The van der Waals surface area contributed by atoms with E-state index in [1.165, 1.54) is 18.2 Å². The zero-order valence-corrected chi connectivity index (χ0v) is 20.1. The highest BCUT2D eigenvalue weighted by Gasteiger charge is 2.41. The number of nitrogen functional groups attached to an aromatic ring is 1. The Bertz CT molecular complexity index is 1150. The summed E-state index contributed by atoms with van der Waals surface area (Å²) >= 11 is 0. The summed E-state index contributed by atoms with van der Waals surface area (Å²) in [5.41, 5.74) is 6.45. The molecule has 2 fully saturated rings. The molecule has 1 amide bonds. The molecule has 2 atom stereocenters. The summed E-state index contributed by atoms with van der Waals surface area (Å²) in [6, 6.07) is 7.72. The second-order valence-corrected chi connectivity index (χ2v) is 11.0. The van der Waals surface area contributed by atoms with Crippen molar-refractivity contribution in [3.05, 3.63) is 41.6 Å². The van der Waals surface area contributed by atoms with E-state index in [2.05, 4.69) is 35.4 Å². The van der Waals surface area contributed by atoms with Crippen molar-refractivity contribution >= 4 is 27.6 Å². The maximum Gasteiger partial charge on any atom is 0.281 e. The topological polar surface area (TPSA) is 128 Å². The average Bonchev–Trinajstić information content (AvgIpc) is 3.05. The van der Waals surface area contributed by atoms with Crippen LogP contribution in [0.2, 0.25) is 0 Å². The predicted octanol–water partition coefficient (Wildman–Crippen LogP) is 2.70. The van der Waals surface area contributed by atoms with Gasteiger partial charge in [-0.2, -0.15) is 8.42 Å². The second kappa shape index (κ2) is 8.90. The molecule has 0 bridgehead atoms. The lowest BCUT2D eigenvalue weighted by molar-refractivity contribution is 0.0793. The van der Waals surface area contributed by atoms with E-state index in [9.17, 15) is 13.2 Å². The number of carbonyl (C=O) groups is 1. The first-order valence-electron chi connectivity index (χ1n) is 11.3. The van der Waals surface area contributed by atoms with E-state index in [1.807, 2.05) is 0 Å². The van der Waals surface area contributed by atoms with Gasteiger partial charge in [-0.05, 0) is 63.3 Å². The number of nitrogens with zero attached hydrogens (tertiary/aromatic N) is 3. The molecule has 0 saturated carbocycles. The monoisotopic (exact) mass is 473 g/mol. The smallest absolute Gasteiger partial charge is 0.281 e. The zero-order valence-electron chi connectivity index (χ0n) is 19.2. The minimum absolute atomic E-state index is 0.0551. The number of hydrogen-bond acceptors (Lipinski definition) is 8. The Kier molecular flexibility index (Phi) is 6.32. The SMILES string of the molecule is CC1CCN(c2nc(C3CCCOC3)ccc2C(=O)NS(=O)(=O)c2cccc(N)n2)C1(C)C. The first-order valence-corrected chi connectivity index (χ1v) is 12.7. The molecule has 2 aromatic rings. The maximum atomic E-state index is 13.2. The Morgan fingerprint density at radius 1 is 1.21 bits per heavy atom. The highest BCUT2D eigenvalue weighted by Crippen LogP contribution is 2.39. The molecular formula is C23H31N5O4S. The van der Waals surface area contributed by atoms with Crippen LogP contribution in [0.15, 0.2) is 35.4 Å². The molecule has 10 heteroatoms. The Morgan fingerprint density at radius 2 is 2.00 bits per heavy atom. The highest BCUT2D eigenvalue weighted by atomic mass is 32.2. The number of nitrogens with one attached hydrogen (secondary N) is 1. The average molecular weight is 474 g/mol. The van der Waals surface area contributed by atoms with Gasteiger partial charge in [0.05, 0.1) is 12.2 Å². The molecule has 33 heavy (non-hydrogen) atoms. The molecule has 0 aromatic carbocycles. The fourth-order valence-electron chi connectivity index (χ4n) is 4.47. The van der Waals surface area contributed by atoms with Crippen molar-refractivity contribution in [1.29, 1.82) is 0 Å². The van der Waals surface area contributed by atoms with Crippen LogP contribution in [0.25, 0.3) is 0 Å². The van der Waals surface area contributed by atoms with Gasteiger partial charge in [0.2, 0.25) is 0 Å². The van der Waals surface area contributed by atoms with Crippen LogP contribution in [0.4, 0.5) is 11.6 Å². The van der Waals surface area contributed by atoms with Crippen LogP contribution >= 0.6 is 0 Å². The van der Waals surface area contributed by atoms with Gasteiger partial charge in [-0.25, -0.2) is 14.7 Å². The summed E-state index contributed by atoms with van der Waals surface area (Å²) in [5, 5.41) is -0.309. The van der Waals surface area contributed by atoms with Gasteiger partial charge in [-0.3, -0.25) is 4.79 Å². The summed E-state index contributed by atoms with van der Waals surface area (Å²) in [7, 11) is -4.20. The van der Waals surface area contributed by atoms with Crippen LogP contribution in [0.5, 0.6) is 0 Å². The second-order valence-electron chi connectivity index (χ2n) is 9.35. The summed E-state index contributed by atoms with van der Waals surface area (Å²) in [6.07, 6.45) is 2.88. The Labute approximate surface area is 194 Å². The predicted molar refractivity (Wildman–Crippen MR) is 126 cm³/mol. The molecule has 2 unspecified atom stereocenters. The number of pyridine rings is 2. The molecule has 2 aliphatic heterocycles. The van der Waals surface area contributed by atoms with E-state index in [0.29, 0.717) is 18.3 Å². The van der Waals surface area contributed by atoms with E-state index in [1.54, 1.807) is 12.1 Å². The molecule has 4 rings (SSSR count). The minimum Gasteiger partial charge on any atom is -0.384 e. The molecule has 2 saturated heterocycles. The summed E-state index contributed by atoms with van der Waals surface area (Å²) < 4.78 is 33.4. The van der Waals surface area contributed by atoms with Crippen LogP contribution in [0, 0.1) is 5.92 Å². The number of amides is 1. The van der Waals surface area contributed by atoms with Gasteiger partial charge in [0.25, 0.3) is 15.9 Å². The van der Waals surface area contributed by atoms with E-state index in [0.717, 1.165) is 38.1 Å². The lowest BCUT2D eigenvalue weighted by Gasteiger charge is -2.37. The first kappa shape index (κ1) is 23.4. The van der Waals surface area contributed by atoms with Crippen molar-refractivity contribution in [3.63, 3.8) is 0 Å². The number of nitrogens with two attached hydrogens (primary N) is 1. The third kappa shape index (κ3) is 4.67. The number of sulfonamides is 1. The fraction of sp³-hybridized carbons (Fsp3) is 0.522. The van der Waals surface area contributed by atoms with Gasteiger partial charge in [0.1, 0.15) is 11.6 Å². The van der Waals surface area contributed by atoms with Crippen LogP contribution in [0.1, 0.15) is 62.0 Å². The van der Waals surface area contributed by atoms with Crippen LogP contribution in [-0.2, 0) is 14.8 Å². The van der Waals surface area contributed by atoms with Gasteiger partial charge in [0, 0.05) is 30.3 Å². The van der Waals surface area contributed by atoms with Crippen LogP contribution < -0.4 is 15.4 Å². The number of carbonyl (C=O) groups excluding carboxylic acids is 1. The quantitative estimate of drug-likeness (QED) is 0.678. The van der Waals surface area contributed by atoms with Gasteiger partial charge in [0.15, 0.2) is 5.03 Å². The van der Waals surface area contributed by atoms with Gasteiger partial charge < -0.3 is 15.4 Å². The Morgan fingerprint density at radius 3 is 2.64 bits per heavy atom. The molecule has 178 valence electrons. The van der Waals surface area contributed by atoms with E-state index >= 15 is 0 Å². The summed E-state index contributed by atoms with van der Waals surface area (Å²) in [4.78, 5) is 24.1. The maximum absolute atomic E-state index is 13.2. The minimum atomic E-state index is -4.20. The van der Waals surface area contributed by atoms with Crippen LogP contribution in [-0.4, -0.2) is 49.6 Å². The highest BCUT2D eigenvalue weighted by molar-refractivity contribution is 7.90. The van der Waals surface area contributed by atoms with E-state index < -0.39 is 15.9 Å². The summed E-state index contributed by atoms with van der Waals surface area (Å²) in [6.45, 7) is 8.49. The first-order chi connectivity index (χ1) is 15.6. The van der Waals surface area contributed by atoms with Crippen molar-refractivity contribution in [2.24, 2.45) is 5.92 Å². The standard InChI is InChI=1S/C23H31N5O4S/c1-15-11-12-28(23(15,2)3)21-17(9-10-18(25-21)16-6-5-13-32-14-16)22(29)27-33(30,31)20-8-4-7-19(24)26-20/h4,7-10,15-16H,5-6,11-14H2,1-3H3,(H2,24,26)(H,27,29). The molecule has 3 N–H and O–H groups in total. The molecule has 0 radical (unpaired) electrons. The van der Waals surface area contributed by atoms with Crippen molar-refractivity contribution in [3.8, 4) is 0 Å². The number of hydrogen-bond donors (Lipinski definition) is 2. The number of ether oxygens (including phenoxy) is 1. The largest absolute Gasteiger partial charge is 0.384 e. The van der Waals surface area contributed by atoms with Crippen molar-refractivity contribution in [1.82, 2.24) is 14.7 Å². The molecule has 0 aliphatic carbocycles. The normalized spacial score (nSPS) is 22.8. The van der Waals surface area contributed by atoms with Crippen molar-refractivity contribution in [2.45, 2.75) is 56.5 Å². The van der Waals surface area contributed by atoms with Crippen LogP contribution in [0.3, 0.4) is 0 Å². The van der Waals surface area contributed by atoms with Crippen molar-refractivity contribution in [2.75, 3.05) is 30.4 Å². The Hall–Kier alpha value is -2.72. The molecule has 0 spiro atoms. The molecule has 9 nitrogen and oxygen atoms in total. The lowest BCUT2D eigenvalue weighted by atomic mass is 9.90. The third-order valence-corrected chi connectivity index (χ3v) is 8.14. The van der Waals surface area contributed by atoms with Gasteiger partial charge >= 0.3 is 0 Å². The Balaban J connectivity index is 1.71. The lowest BCUT2D eigenvalue weighted by Crippen LogP contribution is -2.44. The molecule has 2 aliphatic rings. The molecule has 2 aromatic heterocycles. The molecular weight excluding hydrogens is 442 g/mol. The molecule has 4 heterocycles. The van der Waals surface area contributed by atoms with Gasteiger partial charge in [-0.15, -0.1) is 0 Å². The number of rotatable bonds is 5.